The van der Waals surface area contributed by atoms with Gasteiger partial charge in [-0.3, -0.25) is 0 Å². The Kier molecular flexibility index (Phi) is 4.70. The lowest BCUT2D eigenvalue weighted by Crippen LogP contribution is -2.18. The minimum absolute atomic E-state index is 0.0507. The maximum atomic E-state index is 6.09. The highest BCUT2D eigenvalue weighted by Gasteiger charge is 2.10. The van der Waals surface area contributed by atoms with Gasteiger partial charge < -0.3 is 10.5 Å². The van der Waals surface area contributed by atoms with Gasteiger partial charge in [0.15, 0.2) is 0 Å². The molecule has 2 rings (SSSR count). The van der Waals surface area contributed by atoms with Gasteiger partial charge >= 0.3 is 0 Å². The second-order valence-corrected chi connectivity index (χ2v) is 5.31. The summed E-state index contributed by atoms with van der Waals surface area (Å²) in [4.78, 5) is 0. The van der Waals surface area contributed by atoms with Crippen LogP contribution in [0.4, 0.5) is 0 Å². The third-order valence-corrected chi connectivity index (χ3v) is 3.18. The van der Waals surface area contributed by atoms with E-state index in [1.54, 1.807) is 12.1 Å². The highest BCUT2D eigenvalue weighted by atomic mass is 35.5. The highest BCUT2D eigenvalue weighted by molar-refractivity contribution is 6.32. The van der Waals surface area contributed by atoms with E-state index in [2.05, 4.69) is 0 Å². The lowest BCUT2D eigenvalue weighted by molar-refractivity contribution is 0.474. The van der Waals surface area contributed by atoms with Crippen LogP contribution in [0.15, 0.2) is 42.5 Å². The molecule has 2 aromatic rings. The molecule has 2 nitrogen and oxygen atoms in total. The summed E-state index contributed by atoms with van der Waals surface area (Å²) in [5, 5.41) is 1.18. The second-order valence-electron chi connectivity index (χ2n) is 4.47. The van der Waals surface area contributed by atoms with E-state index in [0.717, 1.165) is 12.0 Å². The fourth-order valence-corrected chi connectivity index (χ4v) is 2.12. The van der Waals surface area contributed by atoms with Crippen LogP contribution in [-0.2, 0) is 6.42 Å². The van der Waals surface area contributed by atoms with Crippen LogP contribution < -0.4 is 10.5 Å². The smallest absolute Gasteiger partial charge is 0.146 e. The van der Waals surface area contributed by atoms with Gasteiger partial charge in [-0.25, -0.2) is 0 Å². The Morgan fingerprint density at radius 1 is 1.11 bits per heavy atom. The molecule has 0 spiro atoms. The summed E-state index contributed by atoms with van der Waals surface area (Å²) in [5.41, 5.74) is 6.85. The Bertz CT molecular complexity index is 570. The summed E-state index contributed by atoms with van der Waals surface area (Å²) in [7, 11) is 0. The standard InChI is InChI=1S/C15H15Cl2NO/c1-10(18)8-11-6-7-12(16)9-15(11)19-14-5-3-2-4-13(14)17/h2-7,9-10H,8,18H2,1H3. The van der Waals surface area contributed by atoms with Gasteiger partial charge in [0.1, 0.15) is 11.5 Å². The highest BCUT2D eigenvalue weighted by Crippen LogP contribution is 2.33. The van der Waals surface area contributed by atoms with Gasteiger partial charge in [0, 0.05) is 11.1 Å². The maximum Gasteiger partial charge on any atom is 0.146 e. The molecule has 4 heteroatoms. The van der Waals surface area contributed by atoms with E-state index < -0.39 is 0 Å². The van der Waals surface area contributed by atoms with Crippen molar-refractivity contribution < 1.29 is 4.74 Å². The van der Waals surface area contributed by atoms with Gasteiger partial charge in [0.25, 0.3) is 0 Å². The molecule has 0 heterocycles. The minimum Gasteiger partial charge on any atom is -0.455 e. The van der Waals surface area contributed by atoms with Crippen molar-refractivity contribution in [2.75, 3.05) is 0 Å². The number of benzene rings is 2. The molecule has 2 N–H and O–H groups in total. The largest absolute Gasteiger partial charge is 0.455 e. The van der Waals surface area contributed by atoms with Gasteiger partial charge in [0.2, 0.25) is 0 Å². The number of para-hydroxylation sites is 1. The number of ether oxygens (including phenoxy) is 1. The maximum absolute atomic E-state index is 6.09. The van der Waals surface area contributed by atoms with Crippen LogP contribution in [0.2, 0.25) is 10.0 Å². The van der Waals surface area contributed by atoms with Gasteiger partial charge in [0.05, 0.1) is 5.02 Å². The summed E-state index contributed by atoms with van der Waals surface area (Å²) in [6.45, 7) is 1.95. The van der Waals surface area contributed by atoms with E-state index in [9.17, 15) is 0 Å². The molecule has 0 radical (unpaired) electrons. The Balaban J connectivity index is 2.33. The molecule has 0 fully saturated rings. The van der Waals surface area contributed by atoms with Crippen LogP contribution in [0.1, 0.15) is 12.5 Å². The molecular formula is C15H15Cl2NO. The average molecular weight is 296 g/mol. The van der Waals surface area contributed by atoms with Crippen molar-refractivity contribution in [2.45, 2.75) is 19.4 Å². The molecule has 0 aromatic heterocycles. The van der Waals surface area contributed by atoms with Gasteiger partial charge in [-0.2, -0.15) is 0 Å². The van der Waals surface area contributed by atoms with Crippen molar-refractivity contribution in [1.29, 1.82) is 0 Å². The normalized spacial score (nSPS) is 12.2. The summed E-state index contributed by atoms with van der Waals surface area (Å²) in [6.07, 6.45) is 0.719. The fourth-order valence-electron chi connectivity index (χ4n) is 1.78. The quantitative estimate of drug-likeness (QED) is 0.889. The first-order valence-corrected chi connectivity index (χ1v) is 6.78. The van der Waals surface area contributed by atoms with E-state index >= 15 is 0 Å². The molecule has 100 valence electrons. The predicted octanol–water partition coefficient (Wildman–Crippen LogP) is 4.68. The van der Waals surface area contributed by atoms with Crippen molar-refractivity contribution in [1.82, 2.24) is 0 Å². The van der Waals surface area contributed by atoms with Crippen LogP contribution in [0.5, 0.6) is 11.5 Å². The molecule has 1 atom stereocenters. The Labute approximate surface area is 123 Å². The molecule has 2 aromatic carbocycles. The zero-order chi connectivity index (χ0) is 13.8. The van der Waals surface area contributed by atoms with Crippen LogP contribution in [0.25, 0.3) is 0 Å². The van der Waals surface area contributed by atoms with Crippen LogP contribution >= 0.6 is 23.2 Å². The number of halogens is 2. The van der Waals surface area contributed by atoms with E-state index in [1.807, 2.05) is 37.3 Å². The second kappa shape index (κ2) is 6.29. The zero-order valence-corrected chi connectivity index (χ0v) is 12.1. The SMILES string of the molecule is CC(N)Cc1ccc(Cl)cc1Oc1ccccc1Cl. The van der Waals surface area contributed by atoms with E-state index in [1.165, 1.54) is 0 Å². The van der Waals surface area contributed by atoms with Crippen molar-refractivity contribution in [2.24, 2.45) is 5.73 Å². The molecule has 1 unspecified atom stereocenters. The first-order valence-electron chi connectivity index (χ1n) is 6.02. The monoisotopic (exact) mass is 295 g/mol. The molecule has 0 amide bonds. The first kappa shape index (κ1) is 14.2. The lowest BCUT2D eigenvalue weighted by Gasteiger charge is -2.14. The molecule has 0 saturated carbocycles. The van der Waals surface area contributed by atoms with Crippen LogP contribution in [0.3, 0.4) is 0 Å². The Hall–Kier alpha value is -1.22. The summed E-state index contributed by atoms with van der Waals surface area (Å²) >= 11 is 12.1. The molecule has 0 saturated heterocycles. The molecule has 0 aliphatic carbocycles. The summed E-state index contributed by atoms with van der Waals surface area (Å²) in [6, 6.07) is 12.9. The van der Waals surface area contributed by atoms with E-state index in [-0.39, 0.29) is 6.04 Å². The van der Waals surface area contributed by atoms with Crippen molar-refractivity contribution in [3.8, 4) is 11.5 Å². The Morgan fingerprint density at radius 3 is 2.53 bits per heavy atom. The summed E-state index contributed by atoms with van der Waals surface area (Å²) < 4.78 is 5.85. The van der Waals surface area contributed by atoms with Crippen LogP contribution in [-0.4, -0.2) is 6.04 Å². The third kappa shape index (κ3) is 3.87. The average Bonchev–Trinajstić information content (AvgIpc) is 2.35. The fraction of sp³-hybridized carbons (Fsp3) is 0.200. The number of rotatable bonds is 4. The molecule has 0 bridgehead atoms. The van der Waals surface area contributed by atoms with Crippen LogP contribution in [0, 0.1) is 0 Å². The topological polar surface area (TPSA) is 35.2 Å². The predicted molar refractivity (Wildman–Crippen MR) is 80.3 cm³/mol. The Morgan fingerprint density at radius 2 is 1.84 bits per heavy atom. The summed E-state index contributed by atoms with van der Waals surface area (Å²) in [5.74, 6) is 1.30. The number of hydrogen-bond acceptors (Lipinski definition) is 2. The molecular weight excluding hydrogens is 281 g/mol. The zero-order valence-electron chi connectivity index (χ0n) is 10.6. The first-order chi connectivity index (χ1) is 9.06. The van der Waals surface area contributed by atoms with Crippen molar-refractivity contribution in [3.63, 3.8) is 0 Å². The van der Waals surface area contributed by atoms with E-state index in [0.29, 0.717) is 21.5 Å². The van der Waals surface area contributed by atoms with Crippen molar-refractivity contribution in [3.05, 3.63) is 58.1 Å². The van der Waals surface area contributed by atoms with Gasteiger partial charge in [-0.05, 0) is 43.2 Å². The minimum atomic E-state index is 0.0507. The molecule has 0 aliphatic heterocycles. The molecule has 0 aliphatic rings. The van der Waals surface area contributed by atoms with E-state index in [4.69, 9.17) is 33.7 Å². The van der Waals surface area contributed by atoms with Gasteiger partial charge in [-0.15, -0.1) is 0 Å². The lowest BCUT2D eigenvalue weighted by atomic mass is 10.1. The van der Waals surface area contributed by atoms with Gasteiger partial charge in [-0.1, -0.05) is 41.4 Å². The number of hydrogen-bond donors (Lipinski definition) is 1. The third-order valence-electron chi connectivity index (χ3n) is 2.63. The van der Waals surface area contributed by atoms with Crippen molar-refractivity contribution >= 4 is 23.2 Å². The number of nitrogens with two attached hydrogens (primary N) is 1. The molecule has 19 heavy (non-hydrogen) atoms.